The molecule has 0 spiro atoms. The first-order valence-corrected chi connectivity index (χ1v) is 9.11. The number of aliphatic hydroxyl groups excluding tert-OH is 1. The van der Waals surface area contributed by atoms with Crippen molar-refractivity contribution in [2.75, 3.05) is 13.2 Å². The standard InChI is InChI=1S/C18H17F3N6O4/c19-18(20,21)8-27-17(23-9-24-27)12-6-26-3-4-30-13-5-10(31-14(7-28)15(22)29)1-2-11(13)16(26)25-12/h1-2,5-6,9,14,28H,3-4,7-8H2,(H2,22,29). The third-order valence-corrected chi connectivity index (χ3v) is 4.50. The molecular weight excluding hydrogens is 421 g/mol. The van der Waals surface area contributed by atoms with Crippen LogP contribution in [0.25, 0.3) is 22.9 Å². The van der Waals surface area contributed by atoms with Crippen molar-refractivity contribution in [3.8, 4) is 34.4 Å². The lowest BCUT2D eigenvalue weighted by Gasteiger charge is -2.15. The van der Waals surface area contributed by atoms with Gasteiger partial charge < -0.3 is 24.9 Å². The van der Waals surface area contributed by atoms with Gasteiger partial charge in [-0.25, -0.2) is 14.6 Å². The molecule has 2 aromatic heterocycles. The zero-order chi connectivity index (χ0) is 22.2. The first-order chi connectivity index (χ1) is 14.7. The Morgan fingerprint density at radius 1 is 1.35 bits per heavy atom. The first-order valence-electron chi connectivity index (χ1n) is 9.11. The summed E-state index contributed by atoms with van der Waals surface area (Å²) >= 11 is 0. The fourth-order valence-electron chi connectivity index (χ4n) is 3.14. The van der Waals surface area contributed by atoms with Crippen LogP contribution in [-0.4, -0.2) is 60.8 Å². The lowest BCUT2D eigenvalue weighted by atomic mass is 10.1. The van der Waals surface area contributed by atoms with Crippen LogP contribution in [0.3, 0.4) is 0 Å². The van der Waals surface area contributed by atoms with Gasteiger partial charge in [0.2, 0.25) is 0 Å². The highest BCUT2D eigenvalue weighted by molar-refractivity contribution is 5.79. The lowest BCUT2D eigenvalue weighted by molar-refractivity contribution is -0.142. The van der Waals surface area contributed by atoms with E-state index in [1.807, 2.05) is 0 Å². The molecule has 1 aliphatic heterocycles. The Kier molecular flexibility index (Phi) is 5.27. The zero-order valence-electron chi connectivity index (χ0n) is 15.9. The first kappa shape index (κ1) is 20.7. The Labute approximate surface area is 173 Å². The van der Waals surface area contributed by atoms with Gasteiger partial charge in [-0.15, -0.1) is 0 Å². The molecule has 1 atom stereocenters. The topological polar surface area (TPSA) is 130 Å². The number of fused-ring (bicyclic) bond motifs is 3. The number of nitrogens with zero attached hydrogens (tertiary/aromatic N) is 5. The van der Waals surface area contributed by atoms with Crippen LogP contribution in [0, 0.1) is 0 Å². The summed E-state index contributed by atoms with van der Waals surface area (Å²) in [5, 5.41) is 12.8. The van der Waals surface area contributed by atoms with E-state index in [1.165, 1.54) is 6.07 Å². The Morgan fingerprint density at radius 2 is 2.16 bits per heavy atom. The van der Waals surface area contributed by atoms with E-state index < -0.39 is 31.3 Å². The van der Waals surface area contributed by atoms with Crippen LogP contribution in [0.15, 0.2) is 30.7 Å². The molecule has 3 aromatic rings. The monoisotopic (exact) mass is 438 g/mol. The summed E-state index contributed by atoms with van der Waals surface area (Å²) in [6.07, 6.45) is -3.03. The molecule has 1 aliphatic rings. The average molecular weight is 438 g/mol. The fourth-order valence-corrected chi connectivity index (χ4v) is 3.14. The number of alkyl halides is 3. The highest BCUT2D eigenvalue weighted by atomic mass is 19.4. The van der Waals surface area contributed by atoms with Gasteiger partial charge in [0, 0.05) is 12.3 Å². The van der Waals surface area contributed by atoms with Crippen molar-refractivity contribution in [1.82, 2.24) is 24.3 Å². The van der Waals surface area contributed by atoms with E-state index in [9.17, 15) is 23.1 Å². The number of carbonyl (C=O) groups is 1. The van der Waals surface area contributed by atoms with Crippen molar-refractivity contribution in [3.63, 3.8) is 0 Å². The Balaban J connectivity index is 1.68. The molecule has 0 bridgehead atoms. The minimum atomic E-state index is -4.45. The minimum absolute atomic E-state index is 0.00688. The molecule has 164 valence electrons. The van der Waals surface area contributed by atoms with Crippen molar-refractivity contribution in [2.24, 2.45) is 5.73 Å². The highest BCUT2D eigenvalue weighted by Gasteiger charge is 2.31. The van der Waals surface area contributed by atoms with Gasteiger partial charge in [0.25, 0.3) is 5.91 Å². The number of rotatable bonds is 6. The van der Waals surface area contributed by atoms with Crippen molar-refractivity contribution >= 4 is 5.91 Å². The van der Waals surface area contributed by atoms with Crippen LogP contribution < -0.4 is 15.2 Å². The highest BCUT2D eigenvalue weighted by Crippen LogP contribution is 2.36. The molecule has 0 fully saturated rings. The number of hydrogen-bond donors (Lipinski definition) is 2. The van der Waals surface area contributed by atoms with E-state index >= 15 is 0 Å². The van der Waals surface area contributed by atoms with Crippen LogP contribution in [0.4, 0.5) is 13.2 Å². The maximum absolute atomic E-state index is 12.8. The molecule has 13 heteroatoms. The second-order valence-electron chi connectivity index (χ2n) is 6.70. The molecule has 1 aromatic carbocycles. The Hall–Kier alpha value is -3.61. The van der Waals surface area contributed by atoms with Crippen molar-refractivity contribution in [1.29, 1.82) is 0 Å². The number of benzene rings is 1. The molecule has 10 nitrogen and oxygen atoms in total. The summed E-state index contributed by atoms with van der Waals surface area (Å²) in [6, 6.07) is 4.70. The summed E-state index contributed by atoms with van der Waals surface area (Å²) in [5.74, 6) is 0.284. The van der Waals surface area contributed by atoms with Crippen LogP contribution in [0.5, 0.6) is 11.5 Å². The van der Waals surface area contributed by atoms with Crippen LogP contribution in [0.1, 0.15) is 0 Å². The predicted molar refractivity (Wildman–Crippen MR) is 98.9 cm³/mol. The van der Waals surface area contributed by atoms with Gasteiger partial charge in [-0.3, -0.25) is 4.79 Å². The molecule has 0 aliphatic carbocycles. The largest absolute Gasteiger partial charge is 0.491 e. The normalized spacial score (nSPS) is 14.2. The lowest BCUT2D eigenvalue weighted by Crippen LogP contribution is -2.36. The van der Waals surface area contributed by atoms with E-state index in [4.69, 9.17) is 15.2 Å². The van der Waals surface area contributed by atoms with Gasteiger partial charge in [0.15, 0.2) is 11.9 Å². The second-order valence-corrected chi connectivity index (χ2v) is 6.70. The molecular formula is C18H17F3N6O4. The van der Waals surface area contributed by atoms with Crippen molar-refractivity contribution in [2.45, 2.75) is 25.4 Å². The van der Waals surface area contributed by atoms with E-state index in [-0.39, 0.29) is 23.9 Å². The fraction of sp³-hybridized carbons (Fsp3) is 0.333. The molecule has 1 amide bonds. The Bertz CT molecular complexity index is 1110. The summed E-state index contributed by atoms with van der Waals surface area (Å²) in [7, 11) is 0. The molecule has 31 heavy (non-hydrogen) atoms. The van der Waals surface area contributed by atoms with Gasteiger partial charge in [0.05, 0.1) is 18.7 Å². The van der Waals surface area contributed by atoms with Gasteiger partial charge in [0.1, 0.15) is 42.5 Å². The second kappa shape index (κ2) is 7.91. The smallest absolute Gasteiger partial charge is 0.408 e. The van der Waals surface area contributed by atoms with Crippen LogP contribution in [0.2, 0.25) is 0 Å². The van der Waals surface area contributed by atoms with E-state index in [0.29, 0.717) is 23.7 Å². The third kappa shape index (κ3) is 4.30. The number of carbonyl (C=O) groups excluding carboxylic acids is 1. The molecule has 3 heterocycles. The molecule has 3 N–H and O–H groups in total. The number of aliphatic hydroxyl groups is 1. The molecule has 1 unspecified atom stereocenters. The summed E-state index contributed by atoms with van der Waals surface area (Å²) in [6.45, 7) is -1.22. The SMILES string of the molecule is NC(=O)C(CO)Oc1ccc2c(c1)OCCn1cc(-c3ncnn3CC(F)(F)F)nc1-2. The Morgan fingerprint density at radius 3 is 2.87 bits per heavy atom. The number of amides is 1. The van der Waals surface area contributed by atoms with Crippen LogP contribution >= 0.6 is 0 Å². The van der Waals surface area contributed by atoms with Crippen molar-refractivity contribution < 1.29 is 32.5 Å². The summed E-state index contributed by atoms with van der Waals surface area (Å²) < 4.78 is 52.0. The maximum Gasteiger partial charge on any atom is 0.408 e. The number of hydrogen-bond acceptors (Lipinski definition) is 7. The van der Waals surface area contributed by atoms with Crippen LogP contribution in [-0.2, 0) is 17.9 Å². The van der Waals surface area contributed by atoms with Gasteiger partial charge in [-0.05, 0) is 12.1 Å². The average Bonchev–Trinajstić information content (AvgIpc) is 3.28. The number of primary amides is 1. The quantitative estimate of drug-likeness (QED) is 0.587. The number of imidazole rings is 1. The minimum Gasteiger partial charge on any atom is -0.491 e. The number of ether oxygens (including phenoxy) is 2. The van der Waals surface area contributed by atoms with Gasteiger partial charge in [-0.1, -0.05) is 0 Å². The molecule has 0 saturated heterocycles. The number of halogens is 3. The van der Waals surface area contributed by atoms with Gasteiger partial charge in [-0.2, -0.15) is 18.3 Å². The van der Waals surface area contributed by atoms with Crippen molar-refractivity contribution in [3.05, 3.63) is 30.7 Å². The zero-order valence-corrected chi connectivity index (χ0v) is 15.9. The molecule has 0 saturated carbocycles. The molecule has 4 rings (SSSR count). The predicted octanol–water partition coefficient (Wildman–Crippen LogP) is 0.988. The van der Waals surface area contributed by atoms with Gasteiger partial charge >= 0.3 is 6.18 Å². The third-order valence-electron chi connectivity index (χ3n) is 4.50. The van der Waals surface area contributed by atoms with E-state index in [0.717, 1.165) is 11.0 Å². The summed E-state index contributed by atoms with van der Waals surface area (Å²) in [5.41, 5.74) is 5.97. The van der Waals surface area contributed by atoms with E-state index in [2.05, 4.69) is 15.1 Å². The number of nitrogens with two attached hydrogens (primary N) is 1. The molecule has 0 radical (unpaired) electrons. The van der Waals surface area contributed by atoms with E-state index in [1.54, 1.807) is 22.9 Å². The maximum atomic E-state index is 12.8. The number of aromatic nitrogens is 5. The summed E-state index contributed by atoms with van der Waals surface area (Å²) in [4.78, 5) is 19.7.